The third-order valence-electron chi connectivity index (χ3n) is 4.42. The topological polar surface area (TPSA) is 38.0 Å². The maximum Gasteiger partial charge on any atom is 0.0474 e. The van der Waals surface area contributed by atoms with Gasteiger partial charge in [0.05, 0.1) is 0 Å². The zero-order valence-corrected chi connectivity index (χ0v) is 11.1. The van der Waals surface area contributed by atoms with E-state index >= 15 is 0 Å². The maximum atomic E-state index is 2.56. The predicted molar refractivity (Wildman–Crippen MR) is 78.7 cm³/mol. The first-order chi connectivity index (χ1) is 8.87. The van der Waals surface area contributed by atoms with Gasteiger partial charge in [-0.15, -0.1) is 0 Å². The highest BCUT2D eigenvalue weighted by Crippen LogP contribution is 2.55. The van der Waals surface area contributed by atoms with Gasteiger partial charge in [0, 0.05) is 24.5 Å². The monoisotopic (exact) mass is 252 g/mol. The highest BCUT2D eigenvalue weighted by atomic mass is 15.5. The highest BCUT2D eigenvalue weighted by molar-refractivity contribution is 5.37. The summed E-state index contributed by atoms with van der Waals surface area (Å²) < 4.78 is 0. The lowest BCUT2D eigenvalue weighted by Crippen LogP contribution is -2.11. The molecule has 2 aromatic carbocycles. The van der Waals surface area contributed by atoms with Crippen LogP contribution in [-0.2, 0) is 0 Å². The van der Waals surface area contributed by atoms with Crippen LogP contribution in [0, 0.1) is 0 Å². The van der Waals surface area contributed by atoms with E-state index in [9.17, 15) is 0 Å². The Kier molecular flexibility index (Phi) is 2.92. The molecule has 4 rings (SSSR count). The smallest absolute Gasteiger partial charge is 0.0474 e. The molecule has 0 aromatic heterocycles. The van der Waals surface area contributed by atoms with Crippen molar-refractivity contribution in [3.63, 3.8) is 0 Å². The van der Waals surface area contributed by atoms with Crippen LogP contribution >= 0.6 is 0 Å². The molecule has 19 heavy (non-hydrogen) atoms. The summed E-state index contributed by atoms with van der Waals surface area (Å²) in [5.74, 6) is 0.555. The van der Waals surface area contributed by atoms with Crippen LogP contribution in [-0.4, -0.2) is 23.5 Å². The van der Waals surface area contributed by atoms with E-state index in [-0.39, 0.29) is 6.15 Å². The van der Waals surface area contributed by atoms with Crippen LogP contribution in [0.3, 0.4) is 0 Å². The number of rotatable bonds is 4. The van der Waals surface area contributed by atoms with Crippen LogP contribution in [0.1, 0.15) is 23.5 Å². The number of fused-ring (bicyclic) bond motifs is 1. The van der Waals surface area contributed by atoms with Gasteiger partial charge in [-0.25, -0.2) is 0 Å². The molecule has 2 heterocycles. The number of nitrogens with zero attached hydrogens (tertiary/aromatic N) is 1. The van der Waals surface area contributed by atoms with Crippen LogP contribution < -0.4 is 6.15 Å². The Morgan fingerprint density at radius 3 is 1.63 bits per heavy atom. The van der Waals surface area contributed by atoms with Crippen LogP contribution in [0.2, 0.25) is 0 Å². The Morgan fingerprint density at radius 2 is 1.26 bits per heavy atom. The molecule has 0 aliphatic carbocycles. The molecule has 2 fully saturated rings. The summed E-state index contributed by atoms with van der Waals surface area (Å²) >= 11 is 0. The van der Waals surface area contributed by atoms with Gasteiger partial charge in [0.2, 0.25) is 0 Å². The molecule has 3 N–H and O–H groups in total. The Hall–Kier alpha value is -1.64. The van der Waals surface area contributed by atoms with E-state index in [1.165, 1.54) is 30.6 Å². The largest absolute Gasteiger partial charge is 0.344 e. The fourth-order valence-corrected chi connectivity index (χ4v) is 3.03. The first kappa shape index (κ1) is 12.4. The van der Waals surface area contributed by atoms with Crippen molar-refractivity contribution in [2.75, 3.05) is 13.1 Å². The summed E-state index contributed by atoms with van der Waals surface area (Å²) in [7, 11) is 0. The SMILES string of the molecule is N.c1ccc(C(CC23CN2C3)c2ccccc2)cc1. The van der Waals surface area contributed by atoms with Crippen LogP contribution in [0.15, 0.2) is 60.7 Å². The summed E-state index contributed by atoms with van der Waals surface area (Å²) in [4.78, 5) is 2.56. The van der Waals surface area contributed by atoms with Gasteiger partial charge in [-0.05, 0) is 17.5 Å². The summed E-state index contributed by atoms with van der Waals surface area (Å²) in [5.41, 5.74) is 3.49. The summed E-state index contributed by atoms with van der Waals surface area (Å²) in [5, 5.41) is 0. The predicted octanol–water partition coefficient (Wildman–Crippen LogP) is 3.44. The fraction of sp³-hybridized carbons (Fsp3) is 0.294. The Balaban J connectivity index is 0.00000110. The van der Waals surface area contributed by atoms with Gasteiger partial charge in [-0.3, -0.25) is 4.90 Å². The molecule has 0 unspecified atom stereocenters. The minimum atomic E-state index is 0. The molecule has 2 aromatic rings. The van der Waals surface area contributed by atoms with E-state index in [1.807, 2.05) is 0 Å². The lowest BCUT2D eigenvalue weighted by Gasteiger charge is -2.18. The zero-order valence-electron chi connectivity index (χ0n) is 11.1. The van der Waals surface area contributed by atoms with Gasteiger partial charge >= 0.3 is 0 Å². The van der Waals surface area contributed by atoms with E-state index in [0.717, 1.165) is 0 Å². The number of benzene rings is 2. The molecule has 2 aliphatic rings. The molecule has 2 aliphatic heterocycles. The average Bonchev–Trinajstić information content (AvgIpc) is 3.28. The van der Waals surface area contributed by atoms with Crippen molar-refractivity contribution in [1.29, 1.82) is 0 Å². The summed E-state index contributed by atoms with van der Waals surface area (Å²) in [6.07, 6.45) is 1.28. The standard InChI is InChI=1S/C17H17N.H3N/c1-3-7-14(8-4-1)16(11-17-12-18(17)13-17)15-9-5-2-6-10-15;/h1-10,16H,11-13H2;1H3. The van der Waals surface area contributed by atoms with Gasteiger partial charge in [0.15, 0.2) is 0 Å². The first-order valence-electron chi connectivity index (χ1n) is 6.72. The molecule has 0 spiro atoms. The van der Waals surface area contributed by atoms with Crippen molar-refractivity contribution in [2.24, 2.45) is 0 Å². The molecule has 0 saturated carbocycles. The molecule has 2 saturated heterocycles. The molecule has 0 radical (unpaired) electrons. The zero-order chi connectivity index (χ0) is 12.0. The van der Waals surface area contributed by atoms with Gasteiger partial charge in [0.1, 0.15) is 0 Å². The normalized spacial score (nSPS) is 26.5. The third-order valence-corrected chi connectivity index (χ3v) is 4.42. The minimum Gasteiger partial charge on any atom is -0.344 e. The quantitative estimate of drug-likeness (QED) is 0.846. The van der Waals surface area contributed by atoms with Crippen molar-refractivity contribution in [1.82, 2.24) is 11.1 Å². The number of hydrogen-bond acceptors (Lipinski definition) is 2. The van der Waals surface area contributed by atoms with Crippen molar-refractivity contribution in [3.05, 3.63) is 71.8 Å². The Morgan fingerprint density at radius 1 is 0.842 bits per heavy atom. The average molecular weight is 252 g/mol. The van der Waals surface area contributed by atoms with E-state index in [4.69, 9.17) is 0 Å². The fourth-order valence-electron chi connectivity index (χ4n) is 3.03. The van der Waals surface area contributed by atoms with E-state index in [1.54, 1.807) is 0 Å². The van der Waals surface area contributed by atoms with E-state index in [0.29, 0.717) is 11.5 Å². The highest BCUT2D eigenvalue weighted by Gasteiger charge is 2.67. The van der Waals surface area contributed by atoms with Crippen molar-refractivity contribution in [2.45, 2.75) is 17.9 Å². The third kappa shape index (κ3) is 2.18. The van der Waals surface area contributed by atoms with Crippen LogP contribution in [0.4, 0.5) is 0 Å². The van der Waals surface area contributed by atoms with Gasteiger partial charge < -0.3 is 6.15 Å². The van der Waals surface area contributed by atoms with Crippen molar-refractivity contribution >= 4 is 0 Å². The second-order valence-electron chi connectivity index (χ2n) is 5.66. The maximum absolute atomic E-state index is 2.56. The van der Waals surface area contributed by atoms with Gasteiger partial charge in [-0.2, -0.15) is 0 Å². The van der Waals surface area contributed by atoms with Gasteiger partial charge in [0.25, 0.3) is 0 Å². The molecule has 0 atom stereocenters. The molecule has 0 amide bonds. The summed E-state index contributed by atoms with van der Waals surface area (Å²) in [6.45, 7) is 2.65. The minimum absolute atomic E-state index is 0. The second-order valence-corrected chi connectivity index (χ2v) is 5.66. The van der Waals surface area contributed by atoms with Crippen molar-refractivity contribution < 1.29 is 0 Å². The Bertz CT molecular complexity index is 504. The first-order valence-corrected chi connectivity index (χ1v) is 6.72. The van der Waals surface area contributed by atoms with Crippen LogP contribution in [0.5, 0.6) is 0 Å². The number of hydrogen-bond donors (Lipinski definition) is 1. The van der Waals surface area contributed by atoms with E-state index in [2.05, 4.69) is 65.6 Å². The molecule has 0 bridgehead atoms. The van der Waals surface area contributed by atoms with Crippen molar-refractivity contribution in [3.8, 4) is 0 Å². The molecule has 98 valence electrons. The second kappa shape index (κ2) is 4.48. The molecule has 2 nitrogen and oxygen atoms in total. The lowest BCUT2D eigenvalue weighted by atomic mass is 9.85. The molecule has 2 heteroatoms. The summed E-state index contributed by atoms with van der Waals surface area (Å²) in [6, 6.07) is 21.9. The van der Waals surface area contributed by atoms with Gasteiger partial charge in [-0.1, -0.05) is 60.7 Å². The lowest BCUT2D eigenvalue weighted by molar-refractivity contribution is 0.657. The molecular weight excluding hydrogens is 232 g/mol. The molecular formula is C17H20N2. The van der Waals surface area contributed by atoms with E-state index < -0.39 is 0 Å². The Labute approximate surface area is 114 Å². The van der Waals surface area contributed by atoms with Crippen LogP contribution in [0.25, 0.3) is 0 Å².